The second kappa shape index (κ2) is 8.18. The lowest BCUT2D eigenvalue weighted by Crippen LogP contribution is -2.35. The fraction of sp³-hybridized carbons (Fsp3) is 0.250. The summed E-state index contributed by atoms with van der Waals surface area (Å²) in [5.74, 6) is -3.05. The van der Waals surface area contributed by atoms with Gasteiger partial charge >= 0.3 is 11.9 Å². The number of carbonyl (C=O) groups is 3. The number of benzene rings is 2. The van der Waals surface area contributed by atoms with Gasteiger partial charge in [0, 0.05) is 33.9 Å². The number of nitrogens with zero attached hydrogens (tertiary/aromatic N) is 1. The zero-order chi connectivity index (χ0) is 22.1. The van der Waals surface area contributed by atoms with Crippen LogP contribution in [0.15, 0.2) is 59.1 Å². The molecule has 0 saturated heterocycles. The summed E-state index contributed by atoms with van der Waals surface area (Å²) in [6, 6.07) is 14.0. The zero-order valence-electron chi connectivity index (χ0n) is 17.1. The highest BCUT2D eigenvalue weighted by Crippen LogP contribution is 2.49. The summed E-state index contributed by atoms with van der Waals surface area (Å²) in [7, 11) is 0. The Morgan fingerprint density at radius 3 is 2.45 bits per heavy atom. The highest BCUT2D eigenvalue weighted by molar-refractivity contribution is 6.24. The first-order valence-corrected chi connectivity index (χ1v) is 9.97. The van der Waals surface area contributed by atoms with E-state index in [4.69, 9.17) is 14.6 Å². The third-order valence-corrected chi connectivity index (χ3v) is 5.45. The van der Waals surface area contributed by atoms with Crippen LogP contribution >= 0.6 is 0 Å². The van der Waals surface area contributed by atoms with Crippen LogP contribution in [-0.4, -0.2) is 41.8 Å². The lowest BCUT2D eigenvalue weighted by atomic mass is 9.75. The predicted octanol–water partition coefficient (Wildman–Crippen LogP) is 3.50. The fourth-order valence-corrected chi connectivity index (χ4v) is 4.23. The lowest BCUT2D eigenvalue weighted by molar-refractivity contribution is -0.146. The minimum atomic E-state index is -1.12. The van der Waals surface area contributed by atoms with E-state index in [-0.39, 0.29) is 12.4 Å². The van der Waals surface area contributed by atoms with Gasteiger partial charge in [0.1, 0.15) is 11.7 Å². The number of para-hydroxylation sites is 1. The van der Waals surface area contributed by atoms with Crippen LogP contribution in [-0.2, 0) is 14.3 Å². The van der Waals surface area contributed by atoms with Crippen molar-refractivity contribution in [3.05, 3.63) is 70.8 Å². The first-order chi connectivity index (χ1) is 14.9. The zero-order valence-corrected chi connectivity index (χ0v) is 17.1. The molecular formula is C24H21NO6. The number of hydrogen-bond donors (Lipinski definition) is 1. The number of ketones is 1. The van der Waals surface area contributed by atoms with Crippen molar-refractivity contribution < 1.29 is 29.0 Å². The fourth-order valence-electron chi connectivity index (χ4n) is 4.23. The van der Waals surface area contributed by atoms with E-state index >= 15 is 0 Å². The monoisotopic (exact) mass is 419 g/mol. The maximum atomic E-state index is 13.4. The number of fused-ring (bicyclic) bond motifs is 2. The molecule has 0 bridgehead atoms. The molecule has 4 rings (SSSR count). The number of allylic oxidation sites excluding steroid dienone is 1. The Hall–Kier alpha value is -3.74. The normalized spacial score (nSPS) is 19.4. The molecule has 0 saturated carbocycles. The molecule has 31 heavy (non-hydrogen) atoms. The van der Waals surface area contributed by atoms with E-state index in [1.54, 1.807) is 50.2 Å². The first-order valence-electron chi connectivity index (χ1n) is 9.97. The number of hydrogen-bond acceptors (Lipinski definition) is 6. The largest absolute Gasteiger partial charge is 0.482 e. The van der Waals surface area contributed by atoms with Gasteiger partial charge in [-0.25, -0.2) is 4.79 Å². The molecule has 2 aliphatic rings. The highest BCUT2D eigenvalue weighted by Gasteiger charge is 2.46. The minimum Gasteiger partial charge on any atom is -0.482 e. The van der Waals surface area contributed by atoms with Crippen LogP contribution in [0.2, 0.25) is 0 Å². The van der Waals surface area contributed by atoms with Crippen LogP contribution in [0.25, 0.3) is 5.70 Å². The molecule has 2 atom stereocenters. The van der Waals surface area contributed by atoms with Crippen molar-refractivity contribution in [3.8, 4) is 5.75 Å². The van der Waals surface area contributed by atoms with Crippen molar-refractivity contribution in [3.63, 3.8) is 0 Å². The van der Waals surface area contributed by atoms with Crippen LogP contribution in [0.3, 0.4) is 0 Å². The van der Waals surface area contributed by atoms with Gasteiger partial charge in [-0.15, -0.1) is 0 Å². The Labute approximate surface area is 179 Å². The molecule has 1 N–H and O–H groups in total. The van der Waals surface area contributed by atoms with Gasteiger partial charge in [0.2, 0.25) is 0 Å². The quantitative estimate of drug-likeness (QED) is 0.719. The highest BCUT2D eigenvalue weighted by atomic mass is 16.5. The third-order valence-electron chi connectivity index (χ3n) is 5.45. The van der Waals surface area contributed by atoms with Gasteiger partial charge in [-0.2, -0.15) is 0 Å². The smallest absolute Gasteiger partial charge is 0.341 e. The van der Waals surface area contributed by atoms with Crippen molar-refractivity contribution in [2.45, 2.75) is 19.8 Å². The Bertz CT molecular complexity index is 1150. The van der Waals surface area contributed by atoms with Crippen LogP contribution in [0.5, 0.6) is 5.75 Å². The molecule has 7 heteroatoms. The molecule has 1 aliphatic carbocycles. The van der Waals surface area contributed by atoms with E-state index < -0.39 is 30.4 Å². The van der Waals surface area contributed by atoms with Crippen molar-refractivity contribution in [2.24, 2.45) is 10.9 Å². The number of aliphatic imine (C=N–C) groups is 1. The minimum absolute atomic E-state index is 0.187. The molecule has 0 spiro atoms. The maximum absolute atomic E-state index is 13.4. The number of carboxylic acids is 1. The van der Waals surface area contributed by atoms with Gasteiger partial charge in [-0.3, -0.25) is 14.6 Å². The number of esters is 1. The van der Waals surface area contributed by atoms with Crippen LogP contribution in [0.4, 0.5) is 0 Å². The molecule has 2 aromatic carbocycles. The van der Waals surface area contributed by atoms with Crippen molar-refractivity contribution in [2.75, 3.05) is 13.2 Å². The van der Waals surface area contributed by atoms with Gasteiger partial charge in [-0.1, -0.05) is 42.5 Å². The molecule has 0 amide bonds. The molecule has 0 radical (unpaired) electrons. The van der Waals surface area contributed by atoms with E-state index in [0.717, 1.165) is 5.56 Å². The number of aliphatic carboxylic acids is 1. The van der Waals surface area contributed by atoms with E-state index in [1.165, 1.54) is 0 Å². The van der Waals surface area contributed by atoms with Crippen molar-refractivity contribution in [1.29, 1.82) is 0 Å². The molecule has 158 valence electrons. The first kappa shape index (κ1) is 20.5. The summed E-state index contributed by atoms with van der Waals surface area (Å²) < 4.78 is 10.8. The maximum Gasteiger partial charge on any atom is 0.341 e. The Morgan fingerprint density at radius 2 is 1.74 bits per heavy atom. The van der Waals surface area contributed by atoms with E-state index in [1.807, 2.05) is 12.1 Å². The Morgan fingerprint density at radius 1 is 1.06 bits per heavy atom. The van der Waals surface area contributed by atoms with Gasteiger partial charge in [0.25, 0.3) is 0 Å². The molecule has 1 aliphatic heterocycles. The third kappa shape index (κ3) is 3.52. The summed E-state index contributed by atoms with van der Waals surface area (Å²) in [6.07, 6.45) is 0. The van der Waals surface area contributed by atoms with Crippen LogP contribution in [0.1, 0.15) is 41.3 Å². The standard InChI is InChI=1S/C24H21NO6/c1-3-30-24(29)19-13(2)25-22-14-8-4-5-9-15(14)23(28)21(22)20(19)16-10-6-7-11-17(16)31-12-18(26)27/h4-11,19-20H,3,12H2,1-2H3,(H,26,27)/t19?,20-/m1/s1. The van der Waals surface area contributed by atoms with Gasteiger partial charge in [0.15, 0.2) is 12.4 Å². The van der Waals surface area contributed by atoms with Crippen LogP contribution in [0, 0.1) is 5.92 Å². The lowest BCUT2D eigenvalue weighted by Gasteiger charge is -2.31. The molecule has 1 heterocycles. The van der Waals surface area contributed by atoms with Gasteiger partial charge in [-0.05, 0) is 19.9 Å². The number of ether oxygens (including phenoxy) is 2. The summed E-state index contributed by atoms with van der Waals surface area (Å²) in [6.45, 7) is 3.10. The predicted molar refractivity (Wildman–Crippen MR) is 113 cm³/mol. The average Bonchev–Trinajstić information content (AvgIpc) is 3.03. The summed E-state index contributed by atoms with van der Waals surface area (Å²) in [5.41, 5.74) is 3.26. The SMILES string of the molecule is CCOC(=O)C1C(C)=NC2=C(C(=O)c3ccccc32)[C@@H]1c1ccccc1OCC(=O)O. The second-order valence-electron chi connectivity index (χ2n) is 7.32. The summed E-state index contributed by atoms with van der Waals surface area (Å²) in [5, 5.41) is 9.06. The molecule has 7 nitrogen and oxygen atoms in total. The van der Waals surface area contributed by atoms with Gasteiger partial charge < -0.3 is 14.6 Å². The Balaban J connectivity index is 1.91. The number of Topliss-reactive ketones (excluding diaryl/α,β-unsaturated/α-hetero) is 1. The topological polar surface area (TPSA) is 102 Å². The van der Waals surface area contributed by atoms with Crippen molar-refractivity contribution in [1.82, 2.24) is 0 Å². The molecular weight excluding hydrogens is 398 g/mol. The van der Waals surface area contributed by atoms with E-state index in [2.05, 4.69) is 4.99 Å². The van der Waals surface area contributed by atoms with E-state index in [0.29, 0.717) is 33.9 Å². The molecule has 0 aromatic heterocycles. The number of carbonyl (C=O) groups excluding carboxylic acids is 2. The molecule has 0 fully saturated rings. The number of carboxylic acid groups (broad SMARTS) is 1. The van der Waals surface area contributed by atoms with E-state index in [9.17, 15) is 14.4 Å². The molecule has 2 aromatic rings. The van der Waals surface area contributed by atoms with Crippen molar-refractivity contribution >= 4 is 29.1 Å². The number of rotatable bonds is 6. The summed E-state index contributed by atoms with van der Waals surface area (Å²) in [4.78, 5) is 42.1. The second-order valence-corrected chi connectivity index (χ2v) is 7.32. The summed E-state index contributed by atoms with van der Waals surface area (Å²) >= 11 is 0. The van der Waals surface area contributed by atoms with Gasteiger partial charge in [0.05, 0.1) is 12.3 Å². The van der Waals surface area contributed by atoms with Crippen LogP contribution < -0.4 is 4.74 Å². The average molecular weight is 419 g/mol. The molecule has 1 unspecified atom stereocenters. The Kier molecular flexibility index (Phi) is 5.42.